The number of nitrogens with one attached hydrogen (secondary N) is 1. The molecule has 3 aromatic heterocycles. The Morgan fingerprint density at radius 3 is 3.00 bits per heavy atom. The van der Waals surface area contributed by atoms with Gasteiger partial charge in [0.2, 0.25) is 0 Å². The van der Waals surface area contributed by atoms with Crippen LogP contribution in [0.15, 0.2) is 28.4 Å². The summed E-state index contributed by atoms with van der Waals surface area (Å²) in [4.78, 5) is 17.6. The van der Waals surface area contributed by atoms with Crippen LogP contribution in [0.2, 0.25) is 0 Å². The zero-order valence-corrected chi connectivity index (χ0v) is 11.0. The molecule has 3 rings (SSSR count). The summed E-state index contributed by atoms with van der Waals surface area (Å²) in [6.45, 7) is 3.91. The van der Waals surface area contributed by atoms with Crippen LogP contribution < -0.4 is 5.56 Å². The molecule has 5 heteroatoms. The van der Waals surface area contributed by atoms with Gasteiger partial charge in [-0.05, 0) is 24.8 Å². The Hall–Kier alpha value is -1.88. The molecule has 0 spiro atoms. The van der Waals surface area contributed by atoms with Crippen molar-refractivity contribution < 1.29 is 0 Å². The first kappa shape index (κ1) is 11.2. The minimum Gasteiger partial charge on any atom is -0.293 e. The number of H-pyrrole nitrogens is 1. The van der Waals surface area contributed by atoms with Crippen molar-refractivity contribution in [2.24, 2.45) is 0 Å². The van der Waals surface area contributed by atoms with E-state index in [-0.39, 0.29) is 5.56 Å². The first-order valence-electron chi connectivity index (χ1n) is 5.86. The standard InChI is InChI=1S/C13H13N3OS/c1-3-9-12(10-5-4-6-18-10)13-14-8(2)7-11(17)16(13)15-9/h4-7,15H,3H2,1-2H3. The Morgan fingerprint density at radius 2 is 2.33 bits per heavy atom. The van der Waals surface area contributed by atoms with Crippen molar-refractivity contribution in [3.63, 3.8) is 0 Å². The van der Waals surface area contributed by atoms with Gasteiger partial charge in [0.15, 0.2) is 5.65 Å². The number of fused-ring (bicyclic) bond motifs is 1. The van der Waals surface area contributed by atoms with Crippen LogP contribution in [0.3, 0.4) is 0 Å². The topological polar surface area (TPSA) is 50.2 Å². The SMILES string of the molecule is CCc1[nH]n2c(=O)cc(C)nc2c1-c1cccs1. The predicted molar refractivity (Wildman–Crippen MR) is 73.2 cm³/mol. The average Bonchev–Trinajstić information content (AvgIpc) is 2.94. The van der Waals surface area contributed by atoms with Crippen molar-refractivity contribution >= 4 is 17.0 Å². The van der Waals surface area contributed by atoms with Crippen molar-refractivity contribution in [1.29, 1.82) is 0 Å². The maximum atomic E-state index is 11.9. The van der Waals surface area contributed by atoms with E-state index in [1.165, 1.54) is 4.52 Å². The van der Waals surface area contributed by atoms with Crippen molar-refractivity contribution in [1.82, 2.24) is 14.6 Å². The molecule has 0 radical (unpaired) electrons. The van der Waals surface area contributed by atoms with Gasteiger partial charge in [-0.3, -0.25) is 9.89 Å². The van der Waals surface area contributed by atoms with Crippen molar-refractivity contribution in [3.8, 4) is 10.4 Å². The smallest absolute Gasteiger partial charge is 0.272 e. The Bertz CT molecular complexity index is 752. The highest BCUT2D eigenvalue weighted by molar-refractivity contribution is 7.13. The molecule has 0 unspecified atom stereocenters. The van der Waals surface area contributed by atoms with Crippen LogP contribution in [0.4, 0.5) is 0 Å². The minimum absolute atomic E-state index is 0.0602. The van der Waals surface area contributed by atoms with Gasteiger partial charge in [0.05, 0.1) is 5.56 Å². The molecule has 3 aromatic rings. The number of hydrogen-bond acceptors (Lipinski definition) is 3. The lowest BCUT2D eigenvalue weighted by molar-refractivity contribution is 0.852. The summed E-state index contributed by atoms with van der Waals surface area (Å²) in [7, 11) is 0. The zero-order chi connectivity index (χ0) is 12.7. The molecule has 92 valence electrons. The van der Waals surface area contributed by atoms with E-state index < -0.39 is 0 Å². The molecule has 0 aliphatic heterocycles. The van der Waals surface area contributed by atoms with E-state index in [9.17, 15) is 4.79 Å². The second-order valence-corrected chi connectivity index (χ2v) is 5.14. The lowest BCUT2D eigenvalue weighted by atomic mass is 10.1. The third-order valence-corrected chi connectivity index (χ3v) is 3.83. The van der Waals surface area contributed by atoms with E-state index in [1.807, 2.05) is 18.4 Å². The molecule has 0 saturated carbocycles. The number of aromatic amines is 1. The van der Waals surface area contributed by atoms with Crippen LogP contribution in [-0.4, -0.2) is 14.6 Å². The minimum atomic E-state index is -0.0602. The summed E-state index contributed by atoms with van der Waals surface area (Å²) < 4.78 is 1.53. The predicted octanol–water partition coefficient (Wildman–Crippen LogP) is 2.62. The lowest BCUT2D eigenvalue weighted by Gasteiger charge is -1.98. The Kier molecular flexibility index (Phi) is 2.56. The normalized spacial score (nSPS) is 11.2. The molecule has 0 atom stereocenters. The molecule has 1 N–H and O–H groups in total. The van der Waals surface area contributed by atoms with E-state index in [0.29, 0.717) is 0 Å². The maximum Gasteiger partial charge on any atom is 0.272 e. The van der Waals surface area contributed by atoms with Crippen molar-refractivity contribution in [2.45, 2.75) is 20.3 Å². The number of rotatable bonds is 2. The molecule has 18 heavy (non-hydrogen) atoms. The molecule has 0 aromatic carbocycles. The summed E-state index contributed by atoms with van der Waals surface area (Å²) in [5, 5.41) is 5.18. The number of aromatic nitrogens is 3. The third-order valence-electron chi connectivity index (χ3n) is 2.94. The first-order valence-corrected chi connectivity index (χ1v) is 6.73. The van der Waals surface area contributed by atoms with Crippen LogP contribution >= 0.6 is 11.3 Å². The van der Waals surface area contributed by atoms with Crippen molar-refractivity contribution in [3.05, 3.63) is 45.3 Å². The Morgan fingerprint density at radius 1 is 1.50 bits per heavy atom. The van der Waals surface area contributed by atoms with Gasteiger partial charge in [0.1, 0.15) is 0 Å². The largest absolute Gasteiger partial charge is 0.293 e. The maximum absolute atomic E-state index is 11.9. The van der Waals surface area contributed by atoms with Gasteiger partial charge in [0, 0.05) is 22.3 Å². The molecule has 4 nitrogen and oxygen atoms in total. The Labute approximate surface area is 108 Å². The number of thiophene rings is 1. The number of hydrogen-bond donors (Lipinski definition) is 1. The molecule has 0 saturated heterocycles. The van der Waals surface area contributed by atoms with Crippen LogP contribution in [0.25, 0.3) is 16.1 Å². The highest BCUT2D eigenvalue weighted by atomic mass is 32.1. The quantitative estimate of drug-likeness (QED) is 0.769. The fraction of sp³-hybridized carbons (Fsp3) is 0.231. The summed E-state index contributed by atoms with van der Waals surface area (Å²) in [5.74, 6) is 0. The fourth-order valence-corrected chi connectivity index (χ4v) is 2.93. The van der Waals surface area contributed by atoms with E-state index >= 15 is 0 Å². The molecule has 0 bridgehead atoms. The first-order chi connectivity index (χ1) is 8.70. The molecule has 3 heterocycles. The van der Waals surface area contributed by atoms with Gasteiger partial charge in [-0.25, -0.2) is 9.50 Å². The van der Waals surface area contributed by atoms with Gasteiger partial charge < -0.3 is 0 Å². The highest BCUT2D eigenvalue weighted by Crippen LogP contribution is 2.30. The van der Waals surface area contributed by atoms with E-state index in [0.717, 1.165) is 33.9 Å². The second-order valence-electron chi connectivity index (χ2n) is 4.19. The molecular formula is C13H13N3OS. The average molecular weight is 259 g/mol. The Balaban J connectivity index is 2.45. The van der Waals surface area contributed by atoms with Crippen LogP contribution in [0.1, 0.15) is 18.3 Å². The lowest BCUT2D eigenvalue weighted by Crippen LogP contribution is -2.14. The van der Waals surface area contributed by atoms with Gasteiger partial charge in [-0.15, -0.1) is 11.3 Å². The van der Waals surface area contributed by atoms with Gasteiger partial charge in [0.25, 0.3) is 5.56 Å². The van der Waals surface area contributed by atoms with Crippen LogP contribution in [0.5, 0.6) is 0 Å². The fourth-order valence-electron chi connectivity index (χ4n) is 2.13. The van der Waals surface area contributed by atoms with Crippen molar-refractivity contribution in [2.75, 3.05) is 0 Å². The summed E-state index contributed by atoms with van der Waals surface area (Å²) in [5.41, 5.74) is 3.51. The molecule has 0 aliphatic rings. The number of aryl methyl sites for hydroxylation is 2. The van der Waals surface area contributed by atoms with Gasteiger partial charge in [-0.1, -0.05) is 13.0 Å². The molecule has 0 fully saturated rings. The van der Waals surface area contributed by atoms with Gasteiger partial charge >= 0.3 is 0 Å². The van der Waals surface area contributed by atoms with E-state index in [4.69, 9.17) is 0 Å². The highest BCUT2D eigenvalue weighted by Gasteiger charge is 2.15. The zero-order valence-electron chi connectivity index (χ0n) is 10.2. The number of nitrogens with zero attached hydrogens (tertiary/aromatic N) is 2. The van der Waals surface area contributed by atoms with Gasteiger partial charge in [-0.2, -0.15) is 0 Å². The van der Waals surface area contributed by atoms with E-state index in [2.05, 4.69) is 23.1 Å². The van der Waals surface area contributed by atoms with Crippen LogP contribution in [0, 0.1) is 6.92 Å². The monoisotopic (exact) mass is 259 g/mol. The summed E-state index contributed by atoms with van der Waals surface area (Å²) in [6, 6.07) is 5.61. The molecular weight excluding hydrogens is 246 g/mol. The third kappa shape index (κ3) is 1.59. The second kappa shape index (κ2) is 4.10. The summed E-state index contributed by atoms with van der Waals surface area (Å²) >= 11 is 1.66. The van der Waals surface area contributed by atoms with E-state index in [1.54, 1.807) is 17.4 Å². The summed E-state index contributed by atoms with van der Waals surface area (Å²) in [6.07, 6.45) is 0.842. The molecule has 0 amide bonds. The van der Waals surface area contributed by atoms with Crippen LogP contribution in [-0.2, 0) is 6.42 Å². The molecule has 0 aliphatic carbocycles.